The van der Waals surface area contributed by atoms with Gasteiger partial charge in [-0.2, -0.15) is 8.78 Å². The van der Waals surface area contributed by atoms with Gasteiger partial charge in [-0.15, -0.1) is 10.2 Å². The molecule has 0 saturated heterocycles. The molecule has 0 radical (unpaired) electrons. The van der Waals surface area contributed by atoms with Crippen LogP contribution in [0.2, 0.25) is 0 Å². The van der Waals surface area contributed by atoms with Crippen LogP contribution in [0.3, 0.4) is 0 Å². The minimum absolute atomic E-state index is 0.0795. The summed E-state index contributed by atoms with van der Waals surface area (Å²) in [6.45, 7) is 4.58. The van der Waals surface area contributed by atoms with Crippen LogP contribution in [0.5, 0.6) is 0 Å². The molecule has 0 N–H and O–H groups in total. The van der Waals surface area contributed by atoms with Crippen LogP contribution in [0.25, 0.3) is 11.5 Å². The molecule has 19 heavy (non-hydrogen) atoms. The molecule has 2 aromatic heterocycles. The Morgan fingerprint density at radius 2 is 2.11 bits per heavy atom. The molecule has 7 heteroatoms. The van der Waals surface area contributed by atoms with Gasteiger partial charge in [0, 0.05) is 24.4 Å². The molecule has 2 heterocycles. The predicted octanol–water partition coefficient (Wildman–Crippen LogP) is 2.49. The van der Waals surface area contributed by atoms with E-state index in [9.17, 15) is 13.6 Å². The summed E-state index contributed by atoms with van der Waals surface area (Å²) in [5.74, 6) is -0.497. The molecule has 0 aliphatic heterocycles. The van der Waals surface area contributed by atoms with E-state index in [0.717, 1.165) is 0 Å². The maximum absolute atomic E-state index is 12.3. The van der Waals surface area contributed by atoms with Gasteiger partial charge in [-0.3, -0.25) is 4.79 Å². The highest BCUT2D eigenvalue weighted by atomic mass is 19.3. The monoisotopic (exact) mass is 269 g/mol. The van der Waals surface area contributed by atoms with Crippen molar-refractivity contribution >= 4 is 0 Å². The standard InChI is InChI=1S/C12H13F2N3O2/c1-7(2)6-17-4-3-8(5-9(17)18)11-15-16-12(19-11)10(13)14/h3-5,7,10H,6H2,1-2H3. The predicted molar refractivity (Wildman–Crippen MR) is 63.8 cm³/mol. The molecule has 0 bridgehead atoms. The van der Waals surface area contributed by atoms with Gasteiger partial charge in [-0.1, -0.05) is 13.8 Å². The summed E-state index contributed by atoms with van der Waals surface area (Å²) in [6, 6.07) is 2.89. The molecule has 0 fully saturated rings. The van der Waals surface area contributed by atoms with Crippen molar-refractivity contribution in [3.05, 3.63) is 34.6 Å². The summed E-state index contributed by atoms with van der Waals surface area (Å²) in [5, 5.41) is 6.71. The van der Waals surface area contributed by atoms with Crippen molar-refractivity contribution in [1.29, 1.82) is 0 Å². The molecule has 0 spiro atoms. The van der Waals surface area contributed by atoms with Crippen molar-refractivity contribution in [3.8, 4) is 11.5 Å². The highest BCUT2D eigenvalue weighted by Crippen LogP contribution is 2.22. The van der Waals surface area contributed by atoms with Gasteiger partial charge >= 0.3 is 6.43 Å². The van der Waals surface area contributed by atoms with Gasteiger partial charge in [0.25, 0.3) is 11.4 Å². The van der Waals surface area contributed by atoms with Crippen LogP contribution in [0.1, 0.15) is 26.2 Å². The molecular formula is C12H13F2N3O2. The molecular weight excluding hydrogens is 256 g/mol. The molecule has 0 aromatic carbocycles. The first kappa shape index (κ1) is 13.4. The first-order chi connectivity index (χ1) is 8.97. The zero-order chi connectivity index (χ0) is 14.0. The summed E-state index contributed by atoms with van der Waals surface area (Å²) in [4.78, 5) is 11.8. The number of hydrogen-bond donors (Lipinski definition) is 0. The summed E-state index contributed by atoms with van der Waals surface area (Å²) in [5.41, 5.74) is 0.104. The third kappa shape index (κ3) is 3.04. The lowest BCUT2D eigenvalue weighted by molar-refractivity contribution is 0.116. The smallest absolute Gasteiger partial charge is 0.314 e. The zero-order valence-electron chi connectivity index (χ0n) is 10.5. The third-order valence-electron chi connectivity index (χ3n) is 2.43. The lowest BCUT2D eigenvalue weighted by Gasteiger charge is -2.08. The van der Waals surface area contributed by atoms with E-state index in [2.05, 4.69) is 10.2 Å². The Morgan fingerprint density at radius 3 is 2.63 bits per heavy atom. The Kier molecular flexibility index (Phi) is 3.73. The van der Waals surface area contributed by atoms with Crippen LogP contribution in [-0.2, 0) is 6.54 Å². The summed E-state index contributed by atoms with van der Waals surface area (Å²) in [7, 11) is 0. The highest BCUT2D eigenvalue weighted by Gasteiger charge is 2.17. The van der Waals surface area contributed by atoms with E-state index in [-0.39, 0.29) is 11.4 Å². The van der Waals surface area contributed by atoms with Gasteiger partial charge in [0.05, 0.1) is 0 Å². The molecule has 102 valence electrons. The Morgan fingerprint density at radius 1 is 1.37 bits per heavy atom. The zero-order valence-corrected chi connectivity index (χ0v) is 10.5. The molecule has 0 aliphatic rings. The largest absolute Gasteiger partial charge is 0.415 e. The van der Waals surface area contributed by atoms with Gasteiger partial charge in [-0.05, 0) is 12.0 Å². The maximum atomic E-state index is 12.3. The van der Waals surface area contributed by atoms with E-state index in [1.54, 1.807) is 16.8 Å². The molecule has 0 aliphatic carbocycles. The van der Waals surface area contributed by atoms with Gasteiger partial charge in [0.1, 0.15) is 0 Å². The Labute approximate surface area is 107 Å². The molecule has 0 unspecified atom stereocenters. The van der Waals surface area contributed by atoms with Crippen LogP contribution in [0.4, 0.5) is 8.78 Å². The Balaban J connectivity index is 2.30. The van der Waals surface area contributed by atoms with E-state index < -0.39 is 12.3 Å². The fourth-order valence-corrected chi connectivity index (χ4v) is 1.62. The number of alkyl halides is 2. The highest BCUT2D eigenvalue weighted by molar-refractivity contribution is 5.50. The summed E-state index contributed by atoms with van der Waals surface area (Å²) in [6.07, 6.45) is -1.23. The third-order valence-corrected chi connectivity index (χ3v) is 2.43. The van der Waals surface area contributed by atoms with Crippen molar-refractivity contribution in [3.63, 3.8) is 0 Å². The van der Waals surface area contributed by atoms with E-state index in [1.165, 1.54) is 6.07 Å². The van der Waals surface area contributed by atoms with Crippen LogP contribution in [0, 0.1) is 5.92 Å². The minimum atomic E-state index is -2.82. The first-order valence-electron chi connectivity index (χ1n) is 5.80. The van der Waals surface area contributed by atoms with E-state index in [1.807, 2.05) is 13.8 Å². The number of aromatic nitrogens is 3. The molecule has 5 nitrogen and oxygen atoms in total. The van der Waals surface area contributed by atoms with Crippen LogP contribution in [-0.4, -0.2) is 14.8 Å². The lowest BCUT2D eigenvalue weighted by Crippen LogP contribution is -2.20. The number of nitrogens with zero attached hydrogens (tertiary/aromatic N) is 3. The topological polar surface area (TPSA) is 60.9 Å². The van der Waals surface area contributed by atoms with Crippen molar-refractivity contribution in [1.82, 2.24) is 14.8 Å². The number of pyridine rings is 1. The second-order valence-electron chi connectivity index (χ2n) is 4.55. The second kappa shape index (κ2) is 5.29. The number of rotatable bonds is 4. The van der Waals surface area contributed by atoms with Crippen molar-refractivity contribution < 1.29 is 13.2 Å². The van der Waals surface area contributed by atoms with Crippen LogP contribution in [0.15, 0.2) is 27.5 Å². The van der Waals surface area contributed by atoms with Crippen molar-refractivity contribution in [2.75, 3.05) is 0 Å². The number of halogens is 2. The molecule has 0 atom stereocenters. The lowest BCUT2D eigenvalue weighted by atomic mass is 10.2. The van der Waals surface area contributed by atoms with Gasteiger partial charge in [-0.25, -0.2) is 0 Å². The van der Waals surface area contributed by atoms with Crippen molar-refractivity contribution in [2.24, 2.45) is 5.92 Å². The maximum Gasteiger partial charge on any atom is 0.314 e. The quantitative estimate of drug-likeness (QED) is 0.855. The average molecular weight is 269 g/mol. The van der Waals surface area contributed by atoms with Gasteiger partial charge in [0.2, 0.25) is 5.89 Å². The Bertz CT molecular complexity index is 619. The summed E-state index contributed by atoms with van der Waals surface area (Å²) < 4.78 is 31.0. The fourth-order valence-electron chi connectivity index (χ4n) is 1.62. The van der Waals surface area contributed by atoms with Crippen molar-refractivity contribution in [2.45, 2.75) is 26.8 Å². The average Bonchev–Trinajstić information content (AvgIpc) is 2.80. The molecule has 2 rings (SSSR count). The summed E-state index contributed by atoms with van der Waals surface area (Å²) >= 11 is 0. The van der Waals surface area contributed by atoms with Crippen LogP contribution >= 0.6 is 0 Å². The molecule has 0 amide bonds. The minimum Gasteiger partial charge on any atom is -0.415 e. The van der Waals surface area contributed by atoms with E-state index in [0.29, 0.717) is 18.0 Å². The SMILES string of the molecule is CC(C)Cn1ccc(-c2nnc(C(F)F)o2)cc1=O. The first-order valence-corrected chi connectivity index (χ1v) is 5.80. The molecule has 2 aromatic rings. The van der Waals surface area contributed by atoms with Gasteiger partial charge < -0.3 is 8.98 Å². The Hall–Kier alpha value is -2.05. The van der Waals surface area contributed by atoms with E-state index in [4.69, 9.17) is 4.42 Å². The second-order valence-corrected chi connectivity index (χ2v) is 4.55. The molecule has 0 saturated carbocycles. The van der Waals surface area contributed by atoms with E-state index >= 15 is 0 Å². The van der Waals surface area contributed by atoms with Gasteiger partial charge in [0.15, 0.2) is 0 Å². The fraction of sp³-hybridized carbons (Fsp3) is 0.417. The number of hydrogen-bond acceptors (Lipinski definition) is 4. The van der Waals surface area contributed by atoms with Crippen LogP contribution < -0.4 is 5.56 Å². The normalized spacial score (nSPS) is 11.5.